The van der Waals surface area contributed by atoms with E-state index in [4.69, 9.17) is 11.6 Å². The zero-order valence-corrected chi connectivity index (χ0v) is 16.9. The van der Waals surface area contributed by atoms with Crippen molar-refractivity contribution in [2.24, 2.45) is 11.8 Å². The maximum absolute atomic E-state index is 12.0. The van der Waals surface area contributed by atoms with Crippen LogP contribution in [0.3, 0.4) is 0 Å². The average molecular weight is 397 g/mol. The van der Waals surface area contributed by atoms with Crippen LogP contribution in [-0.4, -0.2) is 39.1 Å². The second-order valence-corrected chi connectivity index (χ2v) is 6.67. The van der Waals surface area contributed by atoms with Crippen LogP contribution in [0, 0.1) is 18.8 Å². The molecular weight excluding hydrogens is 369 g/mol. The van der Waals surface area contributed by atoms with Crippen molar-refractivity contribution in [3.8, 4) is 0 Å². The molecule has 2 rings (SSSR count). The minimum absolute atomic E-state index is 0. The molecule has 0 aliphatic carbocycles. The molecule has 0 aromatic heterocycles. The van der Waals surface area contributed by atoms with Gasteiger partial charge in [0.1, 0.15) is 0 Å². The molecule has 138 valence electrons. The molecule has 1 heterocycles. The van der Waals surface area contributed by atoms with Gasteiger partial charge >= 0.3 is 0 Å². The van der Waals surface area contributed by atoms with E-state index in [0.717, 1.165) is 31.1 Å². The molecule has 0 saturated carbocycles. The van der Waals surface area contributed by atoms with E-state index < -0.39 is 0 Å². The Kier molecular flexibility index (Phi) is 10.7. The largest absolute Gasteiger partial charge is 0.371 e. The Balaban J connectivity index is 0.00000264. The van der Waals surface area contributed by atoms with Crippen LogP contribution < -0.4 is 15.5 Å². The highest BCUT2D eigenvalue weighted by Crippen LogP contribution is 2.29. The van der Waals surface area contributed by atoms with Crippen LogP contribution in [0.1, 0.15) is 18.9 Å². The summed E-state index contributed by atoms with van der Waals surface area (Å²) in [6, 6.07) is 6.02. The van der Waals surface area contributed by atoms with E-state index in [1.165, 1.54) is 11.3 Å². The molecule has 1 aliphatic heterocycles. The molecule has 1 saturated heterocycles. The second-order valence-electron chi connectivity index (χ2n) is 6.24. The van der Waals surface area contributed by atoms with Gasteiger partial charge in [0.25, 0.3) is 0 Å². The molecule has 0 bridgehead atoms. The Hall–Kier alpha value is -0.680. The van der Waals surface area contributed by atoms with E-state index in [2.05, 4.69) is 28.5 Å². The second kappa shape index (κ2) is 11.0. The molecule has 1 aliphatic rings. The predicted octanol–water partition coefficient (Wildman–Crippen LogP) is 3.29. The van der Waals surface area contributed by atoms with Crippen molar-refractivity contribution in [1.29, 1.82) is 0 Å². The lowest BCUT2D eigenvalue weighted by atomic mass is 10.1. The summed E-state index contributed by atoms with van der Waals surface area (Å²) in [6.45, 7) is 7.52. The van der Waals surface area contributed by atoms with Gasteiger partial charge in [-0.3, -0.25) is 4.79 Å². The van der Waals surface area contributed by atoms with E-state index >= 15 is 0 Å². The Bertz CT molecular complexity index is 528. The lowest BCUT2D eigenvalue weighted by molar-refractivity contribution is -0.124. The van der Waals surface area contributed by atoms with Gasteiger partial charge in [-0.2, -0.15) is 0 Å². The minimum Gasteiger partial charge on any atom is -0.371 e. The summed E-state index contributed by atoms with van der Waals surface area (Å²) in [5, 5.41) is 6.89. The number of anilines is 1. The fourth-order valence-electron chi connectivity index (χ4n) is 2.96. The molecule has 2 unspecified atom stereocenters. The molecule has 1 fully saturated rings. The topological polar surface area (TPSA) is 44.4 Å². The van der Waals surface area contributed by atoms with E-state index in [1.54, 1.807) is 0 Å². The summed E-state index contributed by atoms with van der Waals surface area (Å²) >= 11 is 6.11. The first kappa shape index (κ1) is 23.3. The zero-order valence-electron chi connectivity index (χ0n) is 14.5. The fraction of sp³-hybridized carbons (Fsp3) is 0.588. The number of nitrogens with zero attached hydrogens (tertiary/aromatic N) is 1. The maximum Gasteiger partial charge on any atom is 0.224 e. The first-order valence-electron chi connectivity index (χ1n) is 7.94. The molecule has 2 atom stereocenters. The van der Waals surface area contributed by atoms with Gasteiger partial charge in [-0.15, -0.1) is 24.8 Å². The third-order valence-corrected chi connectivity index (χ3v) is 4.56. The van der Waals surface area contributed by atoms with Crippen molar-refractivity contribution >= 4 is 48.0 Å². The lowest BCUT2D eigenvalue weighted by Crippen LogP contribution is -2.37. The normalized spacial score (nSPS) is 17.7. The summed E-state index contributed by atoms with van der Waals surface area (Å²) in [5.41, 5.74) is 2.46. The molecular formula is C17H28Cl3N3O. The number of rotatable bonds is 6. The van der Waals surface area contributed by atoms with Gasteiger partial charge in [0.15, 0.2) is 0 Å². The van der Waals surface area contributed by atoms with Crippen LogP contribution in [0.25, 0.3) is 0 Å². The third-order valence-electron chi connectivity index (χ3n) is 4.32. The van der Waals surface area contributed by atoms with Crippen LogP contribution in [0.5, 0.6) is 0 Å². The maximum atomic E-state index is 12.0. The Morgan fingerprint density at radius 3 is 2.79 bits per heavy atom. The summed E-state index contributed by atoms with van der Waals surface area (Å²) in [5.74, 6) is 0.647. The van der Waals surface area contributed by atoms with E-state index in [1.807, 2.05) is 26.1 Å². The first-order valence-corrected chi connectivity index (χ1v) is 8.32. The van der Waals surface area contributed by atoms with Crippen molar-refractivity contribution < 1.29 is 4.79 Å². The van der Waals surface area contributed by atoms with Gasteiger partial charge in [0.2, 0.25) is 5.91 Å². The summed E-state index contributed by atoms with van der Waals surface area (Å²) in [7, 11) is 1.87. The molecule has 1 aromatic rings. The monoisotopic (exact) mass is 395 g/mol. The quantitative estimate of drug-likeness (QED) is 0.775. The SMILES string of the molecule is CNCC(C)C(=O)NCC1CCN(c2cc(Cl)ccc2C)C1.Cl.Cl. The van der Waals surface area contributed by atoms with Crippen molar-refractivity contribution in [2.75, 3.05) is 38.1 Å². The molecule has 2 N–H and O–H groups in total. The van der Waals surface area contributed by atoms with Crippen molar-refractivity contribution in [3.63, 3.8) is 0 Å². The van der Waals surface area contributed by atoms with Gasteiger partial charge in [0, 0.05) is 42.8 Å². The van der Waals surface area contributed by atoms with Crippen molar-refractivity contribution in [3.05, 3.63) is 28.8 Å². The number of carbonyl (C=O) groups is 1. The van der Waals surface area contributed by atoms with Crippen LogP contribution in [-0.2, 0) is 4.79 Å². The Labute approximate surface area is 162 Å². The summed E-state index contributed by atoms with van der Waals surface area (Å²) in [4.78, 5) is 14.3. The number of amides is 1. The van der Waals surface area contributed by atoms with Gasteiger partial charge in [0.05, 0.1) is 0 Å². The van der Waals surface area contributed by atoms with Crippen LogP contribution in [0.15, 0.2) is 18.2 Å². The molecule has 1 aromatic carbocycles. The van der Waals surface area contributed by atoms with Gasteiger partial charge < -0.3 is 15.5 Å². The van der Waals surface area contributed by atoms with Crippen LogP contribution in [0.4, 0.5) is 5.69 Å². The molecule has 7 heteroatoms. The third kappa shape index (κ3) is 6.32. The summed E-state index contributed by atoms with van der Waals surface area (Å²) in [6.07, 6.45) is 1.10. The Morgan fingerprint density at radius 1 is 1.42 bits per heavy atom. The molecule has 4 nitrogen and oxygen atoms in total. The number of nitrogens with one attached hydrogen (secondary N) is 2. The molecule has 0 spiro atoms. The highest BCUT2D eigenvalue weighted by atomic mass is 35.5. The van der Waals surface area contributed by atoms with E-state index in [9.17, 15) is 4.79 Å². The highest BCUT2D eigenvalue weighted by Gasteiger charge is 2.24. The van der Waals surface area contributed by atoms with Crippen molar-refractivity contribution in [2.45, 2.75) is 20.3 Å². The van der Waals surface area contributed by atoms with Crippen LogP contribution >= 0.6 is 36.4 Å². The van der Waals surface area contributed by atoms with Gasteiger partial charge in [-0.05, 0) is 44.0 Å². The lowest BCUT2D eigenvalue weighted by Gasteiger charge is -2.21. The number of hydrogen-bond acceptors (Lipinski definition) is 3. The average Bonchev–Trinajstić information content (AvgIpc) is 2.96. The molecule has 24 heavy (non-hydrogen) atoms. The number of halogens is 3. The van der Waals surface area contributed by atoms with E-state index in [-0.39, 0.29) is 36.6 Å². The molecule has 0 radical (unpaired) electrons. The highest BCUT2D eigenvalue weighted by molar-refractivity contribution is 6.30. The van der Waals surface area contributed by atoms with Gasteiger partial charge in [-0.1, -0.05) is 24.6 Å². The van der Waals surface area contributed by atoms with Crippen LogP contribution in [0.2, 0.25) is 5.02 Å². The smallest absolute Gasteiger partial charge is 0.224 e. The standard InChI is InChI=1S/C17H26ClN3O.2ClH/c1-12-4-5-15(18)8-16(12)21-7-6-14(11-21)10-20-17(22)13(2)9-19-3;;/h4-5,8,13-14,19H,6-7,9-11H2,1-3H3,(H,20,22);2*1H. The molecule has 1 amide bonds. The van der Waals surface area contributed by atoms with Gasteiger partial charge in [-0.25, -0.2) is 0 Å². The number of hydrogen-bond donors (Lipinski definition) is 2. The summed E-state index contributed by atoms with van der Waals surface area (Å²) < 4.78 is 0. The number of carbonyl (C=O) groups excluding carboxylic acids is 1. The minimum atomic E-state index is 0. The van der Waals surface area contributed by atoms with Crippen molar-refractivity contribution in [1.82, 2.24) is 10.6 Å². The first-order chi connectivity index (χ1) is 10.5. The Morgan fingerprint density at radius 2 is 2.12 bits per heavy atom. The zero-order chi connectivity index (χ0) is 16.1. The van der Waals surface area contributed by atoms with E-state index in [0.29, 0.717) is 12.5 Å². The number of benzene rings is 1. The fourth-order valence-corrected chi connectivity index (χ4v) is 3.13. The predicted molar refractivity (Wildman–Crippen MR) is 107 cm³/mol. The number of aryl methyl sites for hydroxylation is 1.